The number of benzene rings is 4. The topological polar surface area (TPSA) is 582 Å². The van der Waals surface area contributed by atoms with Gasteiger partial charge in [-0.2, -0.15) is 15.2 Å². The number of pyridine rings is 1. The van der Waals surface area contributed by atoms with Gasteiger partial charge >= 0.3 is 0 Å². The highest BCUT2D eigenvalue weighted by Gasteiger charge is 2.66. The predicted molar refractivity (Wildman–Crippen MR) is 506 cm³/mol. The van der Waals surface area contributed by atoms with E-state index < -0.39 is 11.6 Å². The quantitative estimate of drug-likeness (QED) is 0.00382. The number of nitrogens with zero attached hydrogens (tertiary/aromatic N) is 13. The molecule has 7 aromatic rings. The van der Waals surface area contributed by atoms with Gasteiger partial charge in [-0.25, -0.2) is 25.4 Å². The number of carbonyl (C=O) groups excluding carboxylic acids is 4. The van der Waals surface area contributed by atoms with Crippen molar-refractivity contribution < 1.29 is 70.1 Å². The van der Waals surface area contributed by atoms with Crippen molar-refractivity contribution in [1.29, 1.82) is 5.41 Å². The van der Waals surface area contributed by atoms with Crippen LogP contribution < -0.4 is 63.9 Å². The third kappa shape index (κ3) is 22.8. The van der Waals surface area contributed by atoms with Gasteiger partial charge in [-0.3, -0.25) is 34.7 Å². The summed E-state index contributed by atoms with van der Waals surface area (Å²) < 4.78 is 0. The summed E-state index contributed by atoms with van der Waals surface area (Å²) in [6, 6.07) is 18.5. The average Bonchev–Trinajstić information content (AvgIpc) is 0.675. The number of aliphatic hydroxyl groups is 7. The molecule has 0 unspecified atom stereocenters. The molecule has 4 aromatic carbocycles. The van der Waals surface area contributed by atoms with Crippen LogP contribution in [0.25, 0.3) is 32.8 Å². The van der Waals surface area contributed by atoms with Gasteiger partial charge in [-0.15, -0.1) is 5.10 Å². The molecule has 0 spiro atoms. The second kappa shape index (κ2) is 45.3. The fourth-order valence-electron chi connectivity index (χ4n) is 18.9. The van der Waals surface area contributed by atoms with Gasteiger partial charge in [0.2, 0.25) is 41.2 Å². The number of piperidine rings is 1. The number of aliphatic hydroxyl groups excluding tert-OH is 7. The van der Waals surface area contributed by atoms with Gasteiger partial charge in [0, 0.05) is 131 Å². The van der Waals surface area contributed by atoms with Crippen LogP contribution in [0.2, 0.25) is 0 Å². The number of hydrogen-bond donors (Lipinski definition) is 19. The molecular weight excluding hydrogens is 1670 g/mol. The second-order valence-corrected chi connectivity index (χ2v) is 34.6. The number of allylic oxidation sites excluding steroid dienone is 7. The molecule has 0 amide bonds. The van der Waals surface area contributed by atoms with E-state index in [1.165, 1.54) is 36.4 Å². The van der Waals surface area contributed by atoms with E-state index in [-0.39, 0.29) is 135 Å². The Hall–Kier alpha value is -12.3. The zero-order chi connectivity index (χ0) is 94.4. The van der Waals surface area contributed by atoms with Crippen molar-refractivity contribution in [3.8, 4) is 11.5 Å². The van der Waals surface area contributed by atoms with Gasteiger partial charge in [0.1, 0.15) is 33.7 Å². The van der Waals surface area contributed by atoms with Crippen LogP contribution in [0.3, 0.4) is 0 Å². The summed E-state index contributed by atoms with van der Waals surface area (Å²) in [5.41, 5.74) is 26.2. The summed E-state index contributed by atoms with van der Waals surface area (Å²) in [6.45, 7) is 22.4. The molecule has 130 heavy (non-hydrogen) atoms. The number of fused-ring (bicyclic) bond motifs is 12. The number of Topliss-reactive ketones (excluding diaryl/α,β-unsaturated/α-hetero) is 1. The summed E-state index contributed by atoms with van der Waals surface area (Å²) in [6.07, 6.45) is 19.4. The zero-order valence-corrected chi connectivity index (χ0v) is 75.6. The maximum absolute atomic E-state index is 13.4. The Morgan fingerprint density at radius 1 is 0.662 bits per heavy atom. The average molecular weight is 1800 g/mol. The van der Waals surface area contributed by atoms with E-state index in [9.17, 15) is 65.0 Å². The molecule has 22 N–H and O–H groups in total. The van der Waals surface area contributed by atoms with Crippen LogP contribution in [0.15, 0.2) is 135 Å². The molecule has 7 aliphatic rings. The van der Waals surface area contributed by atoms with Gasteiger partial charge in [0.25, 0.3) is 5.69 Å². The normalized spacial score (nSPS) is 20.8. The van der Waals surface area contributed by atoms with Crippen LogP contribution in [0.1, 0.15) is 145 Å². The minimum absolute atomic E-state index is 0.00939. The molecule has 4 heterocycles. The van der Waals surface area contributed by atoms with Crippen molar-refractivity contribution in [3.05, 3.63) is 152 Å². The number of nitrogens with two attached hydrogens (primary N) is 3. The van der Waals surface area contributed by atoms with E-state index in [1.54, 1.807) is 47.2 Å². The second-order valence-electron chi connectivity index (χ2n) is 34.6. The molecule has 38 heteroatoms. The molecule has 700 valence electrons. The number of phenols is 2. The Morgan fingerprint density at radius 3 is 1.84 bits per heavy atom. The molecule has 14 rings (SSSR count). The molecule has 0 radical (unpaired) electrons. The largest absolute Gasteiger partial charge is 0.507 e. The number of anilines is 6. The maximum atomic E-state index is 13.4. The van der Waals surface area contributed by atoms with E-state index >= 15 is 0 Å². The van der Waals surface area contributed by atoms with Crippen LogP contribution >= 0.6 is 0 Å². The highest BCUT2D eigenvalue weighted by Crippen LogP contribution is 2.74. The van der Waals surface area contributed by atoms with Crippen LogP contribution in [0.4, 0.5) is 40.5 Å². The maximum Gasteiger partial charge on any atom is 0.280 e. The number of para-hydroxylation sites is 1. The first kappa shape index (κ1) is 99.9. The zero-order valence-electron chi connectivity index (χ0n) is 75.6. The third-order valence-electron chi connectivity index (χ3n) is 25.6. The number of rotatable bonds is 32. The van der Waals surface area contributed by atoms with Crippen molar-refractivity contribution in [2.45, 2.75) is 113 Å². The van der Waals surface area contributed by atoms with Gasteiger partial charge in [-0.1, -0.05) is 76.6 Å². The van der Waals surface area contributed by atoms with E-state index in [0.29, 0.717) is 139 Å². The van der Waals surface area contributed by atoms with Crippen molar-refractivity contribution in [2.75, 3.05) is 176 Å². The number of nitro benzene ring substituents is 1. The first-order valence-corrected chi connectivity index (χ1v) is 44.1. The summed E-state index contributed by atoms with van der Waals surface area (Å²) in [5.74, 6) is 0.0432. The number of aromatic nitrogens is 5. The number of nitrogens with one attached hydrogen (secondary N) is 7. The van der Waals surface area contributed by atoms with E-state index in [0.717, 1.165) is 112 Å². The molecule has 3 aromatic heterocycles. The van der Waals surface area contributed by atoms with Crippen molar-refractivity contribution in [3.63, 3.8) is 0 Å². The lowest BCUT2D eigenvalue weighted by atomic mass is 9.35. The molecule has 1 saturated heterocycles. The van der Waals surface area contributed by atoms with Crippen LogP contribution in [-0.4, -0.2) is 273 Å². The SMILES string of the molecule is CC(/C=N/NC(=N)N)=N\N=C(N)N.CC1=C(O)C(=O)C=C2C1=CC=C1[C@@]2(C)CC[C@]2(C)[C@@H]3C[C@@H](C)C(=O)C[C@]3(C)CC[C@@]12C.CN(C)CCCNc1c2ccccc2nc2cccc([N+](=O)[O-])c12.O=C1c2c(O)ccc(O)c2C(=O)c2c(NCCNCCO)ccc(NCCNCCO)c21.OCCN(CCO)c1nc(N2CCCCC2)c2nc(N(CCO)CCO)ncc2n1. The highest BCUT2D eigenvalue weighted by atomic mass is 16.6. The Balaban J connectivity index is 0.000000173. The Kier molecular flexibility index (Phi) is 34.8. The van der Waals surface area contributed by atoms with Crippen molar-refractivity contribution in [2.24, 2.45) is 66.0 Å². The molecule has 6 aliphatic carbocycles. The molecule has 1 aliphatic heterocycles. The molecular formula is C92H127N23O15. The Bertz CT molecular complexity index is 5410. The number of hydrogen-bond acceptors (Lipinski definition) is 33. The Labute approximate surface area is 755 Å². The van der Waals surface area contributed by atoms with Crippen LogP contribution in [-0.2, 0) is 9.59 Å². The summed E-state index contributed by atoms with van der Waals surface area (Å²) in [5, 5.41) is 132. The third-order valence-corrected chi connectivity index (χ3v) is 25.6. The lowest BCUT2D eigenvalue weighted by Crippen LogP contribution is -2.61. The number of aromatic hydroxyl groups is 2. The first-order chi connectivity index (χ1) is 62.2. The Morgan fingerprint density at radius 2 is 1.26 bits per heavy atom. The van der Waals surface area contributed by atoms with Crippen LogP contribution in [0, 0.1) is 49.0 Å². The minimum Gasteiger partial charge on any atom is -0.507 e. The van der Waals surface area contributed by atoms with Gasteiger partial charge in [0.05, 0.1) is 102 Å². The number of hydrazone groups is 1. The molecule has 3 saturated carbocycles. The van der Waals surface area contributed by atoms with Gasteiger partial charge in [-0.05, 0) is 168 Å². The summed E-state index contributed by atoms with van der Waals surface area (Å²) in [4.78, 5) is 93.8. The van der Waals surface area contributed by atoms with Crippen molar-refractivity contribution >= 4 is 120 Å². The van der Waals surface area contributed by atoms with Gasteiger partial charge < -0.3 is 109 Å². The lowest BCUT2D eigenvalue weighted by Gasteiger charge is -2.69. The van der Waals surface area contributed by atoms with E-state index in [4.69, 9.17) is 37.8 Å². The number of guanidine groups is 2. The standard InChI is InChI=1S/C28H36O3.C22H28N4O6.C19H31N7O4.C18H20N4O2.C5H12N8/c1-16-13-23-25(3,15-21(16)30)9-11-27(5)22-8-7-18-17(2)24(31)20(29)14-19(18)26(22,4)10-12-28(23,27)6;27-11-9-23-5-7-25-13-1-2-14(26-8-6-24-10-12-28)18-17(13)21(31)19-15(29)3-4-16(30)20(19)22(18)32;27-10-6-25(7-11-28)18-20-14-15-16(22-18)17(24-4-2-1-3-5-24)23-19(21-15)26(8-12-29)9-13-30;1-21(2)12-6-11-19-18-13-7-3-4-8-14(13)20-15-9-5-10-16(17(15)18)22(23)24;1-3(11-13-5(8)9)2-10-12-4(6)7/h7-8,14,16,23,31H,9-13,15H2,1-6H3;1-4,23-30H,5-12H2;14,27-30H,1-13H2;3-5,7-10H,6,11-12H2,1-2H3,(H,19,20);2H,1H3,(H4,6,7,12)(H4,8,9,13)/b;;;;10-2+,11-3+/t16-,23-,25+,26+,27+,28-;;;;/m1..../s1. The molecule has 4 fully saturated rings. The van der Waals surface area contributed by atoms with E-state index in [1.807, 2.05) is 51.4 Å². The van der Waals surface area contributed by atoms with E-state index in [2.05, 4.69) is 124 Å². The monoisotopic (exact) mass is 1790 g/mol. The first-order valence-electron chi connectivity index (χ1n) is 44.1. The fourth-order valence-corrected chi connectivity index (χ4v) is 18.9. The summed E-state index contributed by atoms with van der Waals surface area (Å²) >= 11 is 0. The molecule has 6 atom stereocenters. The number of ketones is 4. The number of nitro groups is 1. The number of carbonyl (C=O) groups is 4. The lowest BCUT2D eigenvalue weighted by molar-refractivity contribution is -0.383. The number of non-ortho nitro benzene ring substituents is 1. The predicted octanol–water partition coefficient (Wildman–Crippen LogP) is 7.04. The minimum atomic E-state index is -0.559. The highest BCUT2D eigenvalue weighted by molar-refractivity contribution is 6.33. The number of phenolic OH excluding ortho intramolecular Hbond substituents is 2. The van der Waals surface area contributed by atoms with Gasteiger partial charge in [0.15, 0.2) is 11.6 Å². The molecule has 0 bridgehead atoms. The summed E-state index contributed by atoms with van der Waals surface area (Å²) in [7, 11) is 4.06. The smallest absolute Gasteiger partial charge is 0.280 e. The van der Waals surface area contributed by atoms with Crippen molar-refractivity contribution in [1.82, 2.24) is 45.9 Å². The fraction of sp³-hybridized carbons (Fsp3) is 0.489. The molecule has 38 nitrogen and oxygen atoms in total. The van der Waals surface area contributed by atoms with Crippen LogP contribution in [0.5, 0.6) is 11.5 Å².